The van der Waals surface area contributed by atoms with Crippen molar-refractivity contribution >= 4 is 22.6 Å². The number of nitrogens with one attached hydrogen (secondary N) is 1. The van der Waals surface area contributed by atoms with Crippen LogP contribution in [0.5, 0.6) is 0 Å². The van der Waals surface area contributed by atoms with Gasteiger partial charge in [0, 0.05) is 11.1 Å². The molecule has 0 aliphatic heterocycles. The molecule has 1 aromatic carbocycles. The summed E-state index contributed by atoms with van der Waals surface area (Å²) < 4.78 is 2.36. The zero-order valence-electron chi connectivity index (χ0n) is 10.6. The molecule has 3 rings (SSSR count). The highest BCUT2D eigenvalue weighted by molar-refractivity contribution is 6.31. The fourth-order valence-corrected chi connectivity index (χ4v) is 2.52. The van der Waals surface area contributed by atoms with Crippen LogP contribution in [0.25, 0.3) is 11.0 Å². The molecule has 3 nitrogen and oxygen atoms in total. The number of hydrogen-bond donors (Lipinski definition) is 1. The highest BCUT2D eigenvalue weighted by Gasteiger charge is 2.27. The van der Waals surface area contributed by atoms with E-state index in [4.69, 9.17) is 16.6 Å². The summed E-state index contributed by atoms with van der Waals surface area (Å²) in [4.78, 5) is 4.73. The molecule has 0 unspecified atom stereocenters. The number of aromatic nitrogens is 2. The molecule has 1 aromatic heterocycles. The highest BCUT2D eigenvalue weighted by atomic mass is 35.5. The summed E-state index contributed by atoms with van der Waals surface area (Å²) >= 11 is 6.10. The van der Waals surface area contributed by atoms with Crippen LogP contribution >= 0.6 is 11.6 Å². The molecule has 0 spiro atoms. The van der Waals surface area contributed by atoms with Crippen LogP contribution in [0.4, 0.5) is 0 Å². The fourth-order valence-electron chi connectivity index (χ4n) is 2.36. The van der Waals surface area contributed by atoms with E-state index in [1.165, 1.54) is 18.4 Å². The predicted molar refractivity (Wildman–Crippen MR) is 75.0 cm³/mol. The van der Waals surface area contributed by atoms with Crippen LogP contribution in [0.2, 0.25) is 5.02 Å². The van der Waals surface area contributed by atoms with Gasteiger partial charge in [0.1, 0.15) is 5.82 Å². The van der Waals surface area contributed by atoms with Crippen molar-refractivity contribution in [2.75, 3.05) is 6.54 Å². The van der Waals surface area contributed by atoms with Crippen LogP contribution in [0, 0.1) is 0 Å². The van der Waals surface area contributed by atoms with Gasteiger partial charge in [0.2, 0.25) is 0 Å². The lowest BCUT2D eigenvalue weighted by atomic mass is 10.3. The number of nitrogens with zero attached hydrogens (tertiary/aromatic N) is 2. The maximum atomic E-state index is 6.10. The van der Waals surface area contributed by atoms with E-state index < -0.39 is 0 Å². The second-order valence-corrected chi connectivity index (χ2v) is 5.38. The fraction of sp³-hybridized carbons (Fsp3) is 0.500. The molecule has 96 valence electrons. The van der Waals surface area contributed by atoms with Gasteiger partial charge in [-0.15, -0.1) is 0 Å². The van der Waals surface area contributed by atoms with Crippen molar-refractivity contribution in [3.05, 3.63) is 29.0 Å². The third kappa shape index (κ3) is 2.25. The smallest absolute Gasteiger partial charge is 0.124 e. The SMILES string of the molecule is CCCNCc1nc2ccc(Cl)cc2n1C1CC1. The maximum absolute atomic E-state index is 6.10. The van der Waals surface area contributed by atoms with Crippen molar-refractivity contribution < 1.29 is 0 Å². The van der Waals surface area contributed by atoms with Gasteiger partial charge in [-0.05, 0) is 44.0 Å². The molecule has 4 heteroatoms. The zero-order chi connectivity index (χ0) is 12.5. The molecule has 18 heavy (non-hydrogen) atoms. The molecule has 0 atom stereocenters. The Morgan fingerprint density at radius 2 is 2.28 bits per heavy atom. The lowest BCUT2D eigenvalue weighted by Gasteiger charge is -2.08. The standard InChI is InChI=1S/C14H18ClN3/c1-2-7-16-9-14-17-12-6-3-10(15)8-13(12)18(14)11-4-5-11/h3,6,8,11,16H,2,4-5,7,9H2,1H3. The van der Waals surface area contributed by atoms with Gasteiger partial charge in [0.05, 0.1) is 17.6 Å². The van der Waals surface area contributed by atoms with Crippen molar-refractivity contribution in [3.8, 4) is 0 Å². The van der Waals surface area contributed by atoms with Gasteiger partial charge in [-0.2, -0.15) is 0 Å². The molecule has 1 aliphatic carbocycles. The Hall–Kier alpha value is -1.06. The molecule has 0 radical (unpaired) electrons. The average molecular weight is 264 g/mol. The normalized spacial score (nSPS) is 15.4. The first-order valence-corrected chi connectivity index (χ1v) is 7.04. The lowest BCUT2D eigenvalue weighted by Crippen LogP contribution is -2.17. The van der Waals surface area contributed by atoms with Crippen LogP contribution in [-0.2, 0) is 6.54 Å². The van der Waals surface area contributed by atoms with E-state index in [1.54, 1.807) is 0 Å². The number of rotatable bonds is 5. The van der Waals surface area contributed by atoms with Crippen molar-refractivity contribution in [1.82, 2.24) is 14.9 Å². The molecule has 2 aromatic rings. The summed E-state index contributed by atoms with van der Waals surface area (Å²) in [6.07, 6.45) is 3.67. The van der Waals surface area contributed by atoms with Gasteiger partial charge in [0.25, 0.3) is 0 Å². The number of halogens is 1. The summed E-state index contributed by atoms with van der Waals surface area (Å²) in [7, 11) is 0. The first-order valence-electron chi connectivity index (χ1n) is 6.66. The number of benzene rings is 1. The Kier molecular flexibility index (Phi) is 3.27. The molecule has 0 amide bonds. The van der Waals surface area contributed by atoms with E-state index in [2.05, 4.69) is 16.8 Å². The Morgan fingerprint density at radius 1 is 1.44 bits per heavy atom. The van der Waals surface area contributed by atoms with Crippen LogP contribution in [0.15, 0.2) is 18.2 Å². The Labute approximate surface area is 112 Å². The van der Waals surface area contributed by atoms with E-state index >= 15 is 0 Å². The molecule has 1 fully saturated rings. The summed E-state index contributed by atoms with van der Waals surface area (Å²) in [5, 5.41) is 4.22. The van der Waals surface area contributed by atoms with E-state index in [1.807, 2.05) is 18.2 Å². The first-order chi connectivity index (χ1) is 8.79. The molecular weight excluding hydrogens is 246 g/mol. The number of imidazole rings is 1. The zero-order valence-corrected chi connectivity index (χ0v) is 11.4. The van der Waals surface area contributed by atoms with Crippen LogP contribution in [-0.4, -0.2) is 16.1 Å². The van der Waals surface area contributed by atoms with Gasteiger partial charge in [-0.1, -0.05) is 18.5 Å². The van der Waals surface area contributed by atoms with Crippen molar-refractivity contribution in [1.29, 1.82) is 0 Å². The highest BCUT2D eigenvalue weighted by Crippen LogP contribution is 2.39. The van der Waals surface area contributed by atoms with Gasteiger partial charge in [-0.3, -0.25) is 0 Å². The third-order valence-corrected chi connectivity index (χ3v) is 3.58. The van der Waals surface area contributed by atoms with E-state index in [0.29, 0.717) is 6.04 Å². The van der Waals surface area contributed by atoms with Gasteiger partial charge < -0.3 is 9.88 Å². The monoisotopic (exact) mass is 263 g/mol. The van der Waals surface area contributed by atoms with Crippen molar-refractivity contribution in [3.63, 3.8) is 0 Å². The average Bonchev–Trinajstić information content (AvgIpc) is 3.12. The summed E-state index contributed by atoms with van der Waals surface area (Å²) in [5.41, 5.74) is 2.23. The molecular formula is C14H18ClN3. The van der Waals surface area contributed by atoms with Crippen LogP contribution in [0.3, 0.4) is 0 Å². The Balaban J connectivity index is 1.98. The maximum Gasteiger partial charge on any atom is 0.124 e. The summed E-state index contributed by atoms with van der Waals surface area (Å²) in [5.74, 6) is 1.14. The van der Waals surface area contributed by atoms with Gasteiger partial charge in [-0.25, -0.2) is 4.98 Å². The molecule has 1 N–H and O–H groups in total. The second kappa shape index (κ2) is 4.90. The van der Waals surface area contributed by atoms with Crippen molar-refractivity contribution in [2.24, 2.45) is 0 Å². The first kappa shape index (κ1) is 12.0. The van der Waals surface area contributed by atoms with E-state index in [-0.39, 0.29) is 0 Å². The quantitative estimate of drug-likeness (QED) is 0.837. The summed E-state index contributed by atoms with van der Waals surface area (Å²) in [6.45, 7) is 4.06. The largest absolute Gasteiger partial charge is 0.324 e. The minimum absolute atomic E-state index is 0.631. The second-order valence-electron chi connectivity index (χ2n) is 4.94. The summed E-state index contributed by atoms with van der Waals surface area (Å²) in [6, 6.07) is 6.59. The molecule has 1 heterocycles. The third-order valence-electron chi connectivity index (χ3n) is 3.35. The Morgan fingerprint density at radius 3 is 3.00 bits per heavy atom. The van der Waals surface area contributed by atoms with Crippen LogP contribution < -0.4 is 5.32 Å². The molecule has 0 saturated heterocycles. The van der Waals surface area contributed by atoms with Crippen molar-refractivity contribution in [2.45, 2.75) is 38.8 Å². The molecule has 1 saturated carbocycles. The van der Waals surface area contributed by atoms with Gasteiger partial charge in [0.15, 0.2) is 0 Å². The predicted octanol–water partition coefficient (Wildman–Crippen LogP) is 3.52. The minimum Gasteiger partial charge on any atom is -0.324 e. The Bertz CT molecular complexity index is 557. The van der Waals surface area contributed by atoms with E-state index in [9.17, 15) is 0 Å². The van der Waals surface area contributed by atoms with E-state index in [0.717, 1.165) is 35.9 Å². The minimum atomic E-state index is 0.631. The van der Waals surface area contributed by atoms with Crippen LogP contribution in [0.1, 0.15) is 38.1 Å². The van der Waals surface area contributed by atoms with Gasteiger partial charge >= 0.3 is 0 Å². The lowest BCUT2D eigenvalue weighted by molar-refractivity contribution is 0.609. The molecule has 1 aliphatic rings. The number of fused-ring (bicyclic) bond motifs is 1. The topological polar surface area (TPSA) is 29.9 Å². The molecule has 0 bridgehead atoms. The number of hydrogen-bond acceptors (Lipinski definition) is 2.